The number of piperazine rings is 1. The number of carbonyl (C=O) groups is 3. The number of carbonyl (C=O) groups excluding carboxylic acids is 2. The van der Waals surface area contributed by atoms with Gasteiger partial charge in [0, 0.05) is 32.2 Å². The van der Waals surface area contributed by atoms with E-state index in [9.17, 15) is 9.59 Å². The Bertz CT molecular complexity index is 399. The SMILES string of the molecule is COC(=O)N1CCN(C(=O)NC2CCCCC2)CC1.O=C(O)O. The normalized spacial score (nSPS) is 18.5. The van der Waals surface area contributed by atoms with Gasteiger partial charge in [-0.3, -0.25) is 0 Å². The molecule has 1 saturated carbocycles. The minimum atomic E-state index is -1.83. The summed E-state index contributed by atoms with van der Waals surface area (Å²) >= 11 is 0. The van der Waals surface area contributed by atoms with Crippen LogP contribution in [0.2, 0.25) is 0 Å². The van der Waals surface area contributed by atoms with Crippen LogP contribution in [0.3, 0.4) is 0 Å². The van der Waals surface area contributed by atoms with E-state index < -0.39 is 6.16 Å². The number of nitrogens with one attached hydrogen (secondary N) is 1. The Labute approximate surface area is 135 Å². The molecule has 0 radical (unpaired) electrons. The van der Waals surface area contributed by atoms with Crippen molar-refractivity contribution in [1.82, 2.24) is 15.1 Å². The van der Waals surface area contributed by atoms with Crippen LogP contribution in [-0.4, -0.2) is 77.6 Å². The third-order valence-corrected chi connectivity index (χ3v) is 3.93. The molecular weight excluding hydrogens is 306 g/mol. The molecule has 2 rings (SSSR count). The Kier molecular flexibility index (Phi) is 8.00. The lowest BCUT2D eigenvalue weighted by atomic mass is 9.96. The van der Waals surface area contributed by atoms with Gasteiger partial charge in [-0.05, 0) is 12.8 Å². The first-order valence-electron chi connectivity index (χ1n) is 7.74. The van der Waals surface area contributed by atoms with Crippen molar-refractivity contribution in [1.29, 1.82) is 0 Å². The summed E-state index contributed by atoms with van der Waals surface area (Å²) in [5.74, 6) is 0. The summed E-state index contributed by atoms with van der Waals surface area (Å²) in [5, 5.41) is 17.0. The van der Waals surface area contributed by atoms with Crippen LogP contribution < -0.4 is 5.32 Å². The van der Waals surface area contributed by atoms with E-state index in [-0.39, 0.29) is 12.1 Å². The Morgan fingerprint density at radius 1 is 0.957 bits per heavy atom. The molecule has 1 aliphatic carbocycles. The molecule has 0 aromatic heterocycles. The number of hydrogen-bond acceptors (Lipinski definition) is 4. The molecule has 9 nitrogen and oxygen atoms in total. The van der Waals surface area contributed by atoms with Crippen LogP contribution in [-0.2, 0) is 4.74 Å². The van der Waals surface area contributed by atoms with E-state index in [2.05, 4.69) is 10.1 Å². The number of amides is 3. The Hall–Kier alpha value is -2.19. The van der Waals surface area contributed by atoms with Crippen molar-refractivity contribution in [3.05, 3.63) is 0 Å². The smallest absolute Gasteiger partial charge is 0.453 e. The largest absolute Gasteiger partial charge is 0.503 e. The zero-order valence-corrected chi connectivity index (χ0v) is 13.4. The number of nitrogens with zero attached hydrogens (tertiary/aromatic N) is 2. The molecule has 2 aliphatic rings. The predicted octanol–water partition coefficient (Wildman–Crippen LogP) is 1.64. The summed E-state index contributed by atoms with van der Waals surface area (Å²) in [6.07, 6.45) is 3.74. The number of ether oxygens (including phenoxy) is 1. The zero-order chi connectivity index (χ0) is 17.2. The second-order valence-electron chi connectivity index (χ2n) is 5.51. The standard InChI is InChI=1S/C13H23N3O3.CH2O3/c1-19-13(18)16-9-7-15(8-10-16)12(17)14-11-5-3-2-4-6-11;2-1(3)4/h11H,2-10H2,1H3,(H,14,17);(H2,2,3,4). The summed E-state index contributed by atoms with van der Waals surface area (Å²) in [4.78, 5) is 35.4. The van der Waals surface area contributed by atoms with Crippen LogP contribution in [0.5, 0.6) is 0 Å². The molecule has 23 heavy (non-hydrogen) atoms. The van der Waals surface area contributed by atoms with Gasteiger partial charge in [0.05, 0.1) is 7.11 Å². The highest BCUT2D eigenvalue weighted by Gasteiger charge is 2.26. The lowest BCUT2D eigenvalue weighted by Gasteiger charge is -2.35. The lowest BCUT2D eigenvalue weighted by Crippen LogP contribution is -2.54. The first-order valence-corrected chi connectivity index (χ1v) is 7.74. The fourth-order valence-electron chi connectivity index (χ4n) is 2.73. The minimum Gasteiger partial charge on any atom is -0.453 e. The van der Waals surface area contributed by atoms with Crippen LogP contribution in [0.25, 0.3) is 0 Å². The van der Waals surface area contributed by atoms with Crippen LogP contribution >= 0.6 is 0 Å². The van der Waals surface area contributed by atoms with Gasteiger partial charge < -0.3 is 30.1 Å². The maximum absolute atomic E-state index is 12.1. The number of hydrogen-bond donors (Lipinski definition) is 3. The molecule has 2 fully saturated rings. The first kappa shape index (κ1) is 18.9. The molecule has 0 bridgehead atoms. The van der Waals surface area contributed by atoms with Gasteiger partial charge in [-0.15, -0.1) is 0 Å². The Morgan fingerprint density at radius 3 is 1.91 bits per heavy atom. The van der Waals surface area contributed by atoms with Crippen molar-refractivity contribution in [3.8, 4) is 0 Å². The lowest BCUT2D eigenvalue weighted by molar-refractivity contribution is 0.0961. The van der Waals surface area contributed by atoms with Gasteiger partial charge in [0.1, 0.15) is 0 Å². The molecule has 132 valence electrons. The molecule has 3 N–H and O–H groups in total. The summed E-state index contributed by atoms with van der Waals surface area (Å²) in [6.45, 7) is 2.25. The topological polar surface area (TPSA) is 119 Å². The van der Waals surface area contributed by atoms with E-state index in [1.165, 1.54) is 26.4 Å². The van der Waals surface area contributed by atoms with Crippen molar-refractivity contribution >= 4 is 18.3 Å². The van der Waals surface area contributed by atoms with Crippen molar-refractivity contribution in [2.24, 2.45) is 0 Å². The van der Waals surface area contributed by atoms with Gasteiger partial charge in [-0.25, -0.2) is 14.4 Å². The molecule has 0 atom stereocenters. The maximum Gasteiger partial charge on any atom is 0.503 e. The average Bonchev–Trinajstić information content (AvgIpc) is 2.54. The van der Waals surface area contributed by atoms with E-state index in [0.29, 0.717) is 32.2 Å². The van der Waals surface area contributed by atoms with Crippen LogP contribution in [0.4, 0.5) is 14.4 Å². The van der Waals surface area contributed by atoms with Crippen LogP contribution in [0.1, 0.15) is 32.1 Å². The fraction of sp³-hybridized carbons (Fsp3) is 0.786. The number of methoxy groups -OCH3 is 1. The number of rotatable bonds is 1. The molecule has 9 heteroatoms. The number of carboxylic acid groups (broad SMARTS) is 2. The highest BCUT2D eigenvalue weighted by atomic mass is 16.6. The minimum absolute atomic E-state index is 0.0106. The van der Waals surface area contributed by atoms with Gasteiger partial charge >= 0.3 is 18.3 Å². The Morgan fingerprint density at radius 2 is 1.43 bits per heavy atom. The quantitative estimate of drug-likeness (QED) is 0.672. The fourth-order valence-corrected chi connectivity index (χ4v) is 2.73. The summed E-state index contributed by atoms with van der Waals surface area (Å²) in [6, 6.07) is 0.344. The highest BCUT2D eigenvalue weighted by Crippen LogP contribution is 2.17. The molecular formula is C14H25N3O6. The van der Waals surface area contributed by atoms with Crippen LogP contribution in [0, 0.1) is 0 Å². The predicted molar refractivity (Wildman–Crippen MR) is 81.6 cm³/mol. The van der Waals surface area contributed by atoms with Gasteiger partial charge in [-0.2, -0.15) is 0 Å². The van der Waals surface area contributed by atoms with E-state index in [0.717, 1.165) is 12.8 Å². The number of urea groups is 1. The van der Waals surface area contributed by atoms with Crippen molar-refractivity contribution in [2.75, 3.05) is 33.3 Å². The third kappa shape index (κ3) is 7.07. The molecule has 0 spiro atoms. The van der Waals surface area contributed by atoms with Crippen molar-refractivity contribution in [2.45, 2.75) is 38.1 Å². The van der Waals surface area contributed by atoms with Gasteiger partial charge in [0.25, 0.3) is 0 Å². The molecule has 1 heterocycles. The van der Waals surface area contributed by atoms with Crippen molar-refractivity contribution < 1.29 is 29.3 Å². The van der Waals surface area contributed by atoms with Gasteiger partial charge in [0.2, 0.25) is 0 Å². The molecule has 1 saturated heterocycles. The Balaban J connectivity index is 0.000000593. The third-order valence-electron chi connectivity index (χ3n) is 3.93. The van der Waals surface area contributed by atoms with E-state index in [4.69, 9.17) is 15.0 Å². The van der Waals surface area contributed by atoms with E-state index in [1.54, 1.807) is 9.80 Å². The molecule has 0 aromatic rings. The second kappa shape index (κ2) is 9.75. The summed E-state index contributed by atoms with van der Waals surface area (Å²) < 4.78 is 4.67. The summed E-state index contributed by atoms with van der Waals surface area (Å²) in [7, 11) is 1.38. The van der Waals surface area contributed by atoms with E-state index in [1.807, 2.05) is 0 Å². The summed E-state index contributed by atoms with van der Waals surface area (Å²) in [5.41, 5.74) is 0. The van der Waals surface area contributed by atoms with Gasteiger partial charge in [-0.1, -0.05) is 19.3 Å². The van der Waals surface area contributed by atoms with E-state index >= 15 is 0 Å². The zero-order valence-electron chi connectivity index (χ0n) is 13.4. The monoisotopic (exact) mass is 331 g/mol. The average molecular weight is 331 g/mol. The molecule has 3 amide bonds. The van der Waals surface area contributed by atoms with Crippen molar-refractivity contribution in [3.63, 3.8) is 0 Å². The molecule has 0 aromatic carbocycles. The molecule has 1 aliphatic heterocycles. The first-order chi connectivity index (χ1) is 10.9. The highest BCUT2D eigenvalue weighted by molar-refractivity contribution is 5.75. The molecule has 0 unspecified atom stereocenters. The maximum atomic E-state index is 12.1. The van der Waals surface area contributed by atoms with Gasteiger partial charge in [0.15, 0.2) is 0 Å². The van der Waals surface area contributed by atoms with Crippen LogP contribution in [0.15, 0.2) is 0 Å². The second-order valence-corrected chi connectivity index (χ2v) is 5.51.